The number of nitrogens with one attached hydrogen (secondary N) is 1. The quantitative estimate of drug-likeness (QED) is 0.856. The first-order valence-corrected chi connectivity index (χ1v) is 5.24. The summed E-state index contributed by atoms with van der Waals surface area (Å²) in [7, 11) is 5.35. The van der Waals surface area contributed by atoms with Gasteiger partial charge in [0.2, 0.25) is 0 Å². The molecule has 0 fully saturated rings. The maximum absolute atomic E-state index is 8.19. The van der Waals surface area contributed by atoms with E-state index in [1.165, 1.54) is 0 Å². The van der Waals surface area contributed by atoms with Gasteiger partial charge in [0.05, 0.1) is 7.11 Å². The number of aromatic nitrogens is 1. The van der Waals surface area contributed by atoms with Gasteiger partial charge in [-0.1, -0.05) is 0 Å². The fraction of sp³-hybridized carbons (Fsp3) is 0.385. The van der Waals surface area contributed by atoms with Crippen molar-refractivity contribution in [2.24, 2.45) is 0 Å². The van der Waals surface area contributed by atoms with Crippen LogP contribution in [-0.2, 0) is 6.37 Å². The molecule has 3 nitrogen and oxygen atoms in total. The number of benzene rings is 1. The lowest BCUT2D eigenvalue weighted by Crippen LogP contribution is -2.14. The molecule has 3 heteroatoms. The molecule has 2 rings (SSSR count). The lowest BCUT2D eigenvalue weighted by Gasteiger charge is -2.08. The highest BCUT2D eigenvalue weighted by Gasteiger charge is 2.05. The largest absolute Gasteiger partial charge is 0.497 e. The average molecular weight is 220 g/mol. The molecule has 1 aromatic carbocycles. The van der Waals surface area contributed by atoms with Crippen molar-refractivity contribution >= 4 is 10.9 Å². The first-order valence-electron chi connectivity index (χ1n) is 6.24. The number of rotatable bonds is 4. The van der Waals surface area contributed by atoms with E-state index in [-0.39, 0.29) is 0 Å². The van der Waals surface area contributed by atoms with Gasteiger partial charge in [0.1, 0.15) is 5.75 Å². The maximum atomic E-state index is 8.19. The molecule has 0 aliphatic rings. The molecule has 0 atom stereocenters. The molecule has 0 spiro atoms. The van der Waals surface area contributed by atoms with Crippen LogP contribution in [0.25, 0.3) is 10.9 Å². The molecule has 0 aliphatic carbocycles. The Morgan fingerprint density at radius 2 is 2.25 bits per heavy atom. The minimum Gasteiger partial charge on any atom is -0.497 e. The van der Waals surface area contributed by atoms with E-state index in [2.05, 4.69) is 4.98 Å². The van der Waals surface area contributed by atoms with Crippen LogP contribution in [0.3, 0.4) is 0 Å². The summed E-state index contributed by atoms with van der Waals surface area (Å²) in [6.07, 6.45) is 0.349. The zero-order valence-electron chi connectivity index (χ0n) is 11.9. The average Bonchev–Trinajstić information content (AvgIpc) is 2.70. The van der Waals surface area contributed by atoms with E-state index in [0.717, 1.165) is 16.7 Å². The fourth-order valence-corrected chi connectivity index (χ4v) is 1.62. The van der Waals surface area contributed by atoms with E-state index in [9.17, 15) is 0 Å². The molecule has 0 bridgehead atoms. The molecule has 2 aromatic rings. The molecule has 16 heavy (non-hydrogen) atoms. The monoisotopic (exact) mass is 220 g/mol. The zero-order chi connectivity index (χ0) is 13.3. The molecule has 0 saturated heterocycles. The van der Waals surface area contributed by atoms with Crippen LogP contribution >= 0.6 is 0 Å². The van der Waals surface area contributed by atoms with Crippen molar-refractivity contribution in [1.82, 2.24) is 9.88 Å². The zero-order valence-corrected chi connectivity index (χ0v) is 9.87. The second kappa shape index (κ2) is 4.58. The summed E-state index contributed by atoms with van der Waals surface area (Å²) >= 11 is 0. The van der Waals surface area contributed by atoms with E-state index in [1.54, 1.807) is 13.3 Å². The summed E-state index contributed by atoms with van der Waals surface area (Å²) in [5.41, 5.74) is 1.60. The number of likely N-dealkylation sites (N-methyl/N-ethyl adjacent to an activating group) is 1. The van der Waals surface area contributed by atoms with Gasteiger partial charge >= 0.3 is 0 Å². The van der Waals surface area contributed by atoms with Crippen LogP contribution in [0.1, 0.15) is 8.30 Å². The highest BCUT2D eigenvalue weighted by Crippen LogP contribution is 2.23. The summed E-state index contributed by atoms with van der Waals surface area (Å²) < 4.78 is 21.6. The number of nitrogens with zero attached hydrogens (tertiary/aromatic N) is 1. The predicted octanol–water partition coefficient (Wildman–Crippen LogP) is 2.28. The van der Waals surface area contributed by atoms with Gasteiger partial charge in [-0.2, -0.15) is 0 Å². The van der Waals surface area contributed by atoms with Gasteiger partial charge < -0.3 is 14.6 Å². The van der Waals surface area contributed by atoms with Crippen molar-refractivity contribution in [1.29, 1.82) is 0 Å². The number of hydrogen-bond acceptors (Lipinski definition) is 2. The van der Waals surface area contributed by atoms with E-state index in [1.807, 2.05) is 37.2 Å². The van der Waals surface area contributed by atoms with Crippen molar-refractivity contribution in [2.75, 3.05) is 27.7 Å². The van der Waals surface area contributed by atoms with Crippen LogP contribution in [0, 0.1) is 0 Å². The number of fused-ring (bicyclic) bond motifs is 1. The molecule has 0 aliphatic heterocycles. The van der Waals surface area contributed by atoms with Crippen molar-refractivity contribution in [3.8, 4) is 5.75 Å². The third-order valence-corrected chi connectivity index (χ3v) is 2.47. The number of aromatic amines is 1. The van der Waals surface area contributed by atoms with Gasteiger partial charge in [0, 0.05) is 26.4 Å². The van der Waals surface area contributed by atoms with E-state index in [0.29, 0.717) is 12.1 Å². The fourth-order valence-electron chi connectivity index (χ4n) is 1.62. The Labute approximate surface area is 98.8 Å². The van der Waals surface area contributed by atoms with Crippen molar-refractivity contribution in [3.63, 3.8) is 0 Å². The normalized spacial score (nSPS) is 14.0. The summed E-state index contributed by atoms with van der Waals surface area (Å²) in [5.74, 6) is 0.740. The van der Waals surface area contributed by atoms with Crippen molar-refractivity contribution in [2.45, 2.75) is 6.37 Å². The van der Waals surface area contributed by atoms with E-state index in [4.69, 9.17) is 7.48 Å². The van der Waals surface area contributed by atoms with Gasteiger partial charge in [-0.05, 0) is 44.2 Å². The Bertz CT molecular complexity index is 549. The highest BCUT2D eigenvalue weighted by atomic mass is 16.5. The number of hydrogen-bond donors (Lipinski definition) is 1. The summed E-state index contributed by atoms with van der Waals surface area (Å²) in [4.78, 5) is 4.95. The number of H-pyrrole nitrogens is 1. The maximum Gasteiger partial charge on any atom is 0.119 e. The van der Waals surface area contributed by atoms with Crippen LogP contribution in [0.2, 0.25) is 0 Å². The van der Waals surface area contributed by atoms with Crippen LogP contribution in [0.15, 0.2) is 24.4 Å². The summed E-state index contributed by atoms with van der Waals surface area (Å²) in [5, 5.41) is 0.876. The number of ether oxygens (including phenoxy) is 1. The smallest absolute Gasteiger partial charge is 0.119 e. The predicted molar refractivity (Wildman–Crippen MR) is 67.1 cm³/mol. The first kappa shape index (κ1) is 8.65. The van der Waals surface area contributed by atoms with Gasteiger partial charge in [-0.25, -0.2) is 0 Å². The van der Waals surface area contributed by atoms with Gasteiger partial charge in [-0.3, -0.25) is 0 Å². The molecular formula is C13H18N2O. The Morgan fingerprint density at radius 3 is 2.94 bits per heavy atom. The third kappa shape index (κ3) is 2.19. The Hall–Kier alpha value is -1.48. The molecule has 0 unspecified atom stereocenters. The van der Waals surface area contributed by atoms with E-state index < -0.39 is 6.37 Å². The Kier molecular flexibility index (Phi) is 2.47. The number of methoxy groups -OCH3 is 1. The van der Waals surface area contributed by atoms with Crippen LogP contribution in [0.5, 0.6) is 5.75 Å². The SMILES string of the molecule is [2H]C([2H])(CN(C)C)c1c[nH]c2ccc(OC)cc12. The molecule has 1 aromatic heterocycles. The molecule has 86 valence electrons. The van der Waals surface area contributed by atoms with Crippen LogP contribution in [-0.4, -0.2) is 37.6 Å². The van der Waals surface area contributed by atoms with Gasteiger partial charge in [0.25, 0.3) is 0 Å². The lowest BCUT2D eigenvalue weighted by molar-refractivity contribution is 0.413. The highest BCUT2D eigenvalue weighted by molar-refractivity contribution is 5.84. The molecular weight excluding hydrogens is 200 g/mol. The third-order valence-electron chi connectivity index (χ3n) is 2.47. The Balaban J connectivity index is 2.50. The van der Waals surface area contributed by atoms with Crippen molar-refractivity contribution in [3.05, 3.63) is 30.0 Å². The molecule has 1 N–H and O–H groups in total. The lowest BCUT2D eigenvalue weighted by atomic mass is 10.1. The molecule has 0 radical (unpaired) electrons. The van der Waals surface area contributed by atoms with Crippen LogP contribution in [0.4, 0.5) is 0 Å². The molecule has 1 heterocycles. The topological polar surface area (TPSA) is 28.3 Å². The van der Waals surface area contributed by atoms with Crippen LogP contribution < -0.4 is 4.74 Å². The minimum atomic E-state index is -1.39. The first-order chi connectivity index (χ1) is 8.44. The van der Waals surface area contributed by atoms with Gasteiger partial charge in [0.15, 0.2) is 0 Å². The molecule has 0 saturated carbocycles. The molecule has 0 amide bonds. The van der Waals surface area contributed by atoms with Crippen molar-refractivity contribution < 1.29 is 7.48 Å². The minimum absolute atomic E-state index is 0.344. The second-order valence-electron chi connectivity index (χ2n) is 4.03. The van der Waals surface area contributed by atoms with Gasteiger partial charge in [-0.15, -0.1) is 0 Å². The standard InChI is InChI=1S/C13H18N2O/c1-15(2)7-6-10-9-14-13-5-4-11(16-3)8-12(10)13/h4-5,8-9,14H,6-7H2,1-3H3/i6D2. The summed E-state index contributed by atoms with van der Waals surface area (Å²) in [6, 6.07) is 5.64. The second-order valence-corrected chi connectivity index (χ2v) is 4.03. The summed E-state index contributed by atoms with van der Waals surface area (Å²) in [6.45, 7) is 0.344. The van der Waals surface area contributed by atoms with E-state index >= 15 is 0 Å². The Morgan fingerprint density at radius 1 is 1.44 bits per heavy atom.